The van der Waals surface area contributed by atoms with Gasteiger partial charge in [-0.15, -0.1) is 0 Å². The summed E-state index contributed by atoms with van der Waals surface area (Å²) >= 11 is 0. The fraction of sp³-hybridized carbons (Fsp3) is 0.500. The first kappa shape index (κ1) is 38.8. The molecule has 0 saturated carbocycles. The smallest absolute Gasteiger partial charge is 0.407 e. The lowest BCUT2D eigenvalue weighted by Gasteiger charge is -2.31. The van der Waals surface area contributed by atoms with E-state index in [9.17, 15) is 41.5 Å². The normalized spacial score (nSPS) is 17.2. The van der Waals surface area contributed by atoms with Gasteiger partial charge in [-0.05, 0) is 42.4 Å². The molecule has 1 heterocycles. The van der Waals surface area contributed by atoms with Gasteiger partial charge in [0, 0.05) is 31.0 Å². The van der Waals surface area contributed by atoms with Crippen LogP contribution < -0.4 is 16.0 Å². The van der Waals surface area contributed by atoms with E-state index in [4.69, 9.17) is 9.84 Å². The van der Waals surface area contributed by atoms with Crippen LogP contribution in [0.4, 0.5) is 22.4 Å². The molecule has 0 aromatic heterocycles. The average Bonchev–Trinajstić information content (AvgIpc) is 3.49. The van der Waals surface area contributed by atoms with E-state index in [2.05, 4.69) is 16.0 Å². The molecule has 4 atom stereocenters. The van der Waals surface area contributed by atoms with Crippen molar-refractivity contribution >= 4 is 29.8 Å². The lowest BCUT2D eigenvalue weighted by atomic mass is 9.96. The number of likely N-dealkylation sites (tertiary alicyclic amines) is 1. The molecule has 0 bridgehead atoms. The number of nitrogens with one attached hydrogen (secondary N) is 3. The topological polar surface area (TPSA) is 154 Å². The number of carboxylic acid groups (broad SMARTS) is 1. The number of carboxylic acids is 1. The number of benzene rings is 2. The second kappa shape index (κ2) is 17.6. The third kappa shape index (κ3) is 10.9. The van der Waals surface area contributed by atoms with E-state index in [-0.39, 0.29) is 31.4 Å². The van der Waals surface area contributed by atoms with E-state index in [1.54, 1.807) is 32.0 Å². The third-order valence-electron chi connectivity index (χ3n) is 8.02. The number of amides is 4. The van der Waals surface area contributed by atoms with E-state index < -0.39 is 102 Å². The molecule has 4 N–H and O–H groups in total. The lowest BCUT2D eigenvalue weighted by molar-refractivity contribution is -0.141. The van der Waals surface area contributed by atoms with Crippen molar-refractivity contribution in [1.29, 1.82) is 0 Å². The van der Waals surface area contributed by atoms with Crippen molar-refractivity contribution in [3.8, 4) is 0 Å². The maximum Gasteiger partial charge on any atom is 0.407 e. The summed E-state index contributed by atoms with van der Waals surface area (Å²) in [6.45, 7) is 6.85. The van der Waals surface area contributed by atoms with Crippen molar-refractivity contribution < 1.29 is 51.4 Å². The van der Waals surface area contributed by atoms with Crippen LogP contribution in [0.5, 0.6) is 0 Å². The minimum atomic E-state index is -3.03. The molecule has 1 aliphatic rings. The third-order valence-corrected chi connectivity index (χ3v) is 8.02. The van der Waals surface area contributed by atoms with Gasteiger partial charge in [0.2, 0.25) is 24.1 Å². The Hall–Kier alpha value is -4.69. The molecule has 0 radical (unpaired) electrons. The number of alkyl halides is 2. The number of carbonyl (C=O) groups excluding carboxylic acids is 4. The van der Waals surface area contributed by atoms with Crippen molar-refractivity contribution in [2.24, 2.45) is 11.8 Å². The second-order valence-corrected chi connectivity index (χ2v) is 12.7. The Balaban J connectivity index is 1.79. The maximum absolute atomic E-state index is 14.3. The monoisotopic (exact) mass is 694 g/mol. The summed E-state index contributed by atoms with van der Waals surface area (Å²) in [4.78, 5) is 65.4. The molecule has 2 aromatic rings. The number of halogens is 4. The highest BCUT2D eigenvalue weighted by atomic mass is 19.3. The molecule has 1 saturated heterocycles. The minimum absolute atomic E-state index is 0.0447. The summed E-state index contributed by atoms with van der Waals surface area (Å²) in [6, 6.07) is 6.21. The van der Waals surface area contributed by atoms with Crippen LogP contribution in [0.25, 0.3) is 0 Å². The van der Waals surface area contributed by atoms with Crippen LogP contribution in [0, 0.1) is 23.5 Å². The molecule has 0 aliphatic carbocycles. The summed E-state index contributed by atoms with van der Waals surface area (Å²) in [5.74, 6) is -7.10. The highest BCUT2D eigenvalue weighted by Crippen LogP contribution is 2.33. The first-order chi connectivity index (χ1) is 23.1. The van der Waals surface area contributed by atoms with Crippen LogP contribution in [0.2, 0.25) is 0 Å². The maximum atomic E-state index is 14.3. The summed E-state index contributed by atoms with van der Waals surface area (Å²) in [5, 5.41) is 16.2. The van der Waals surface area contributed by atoms with E-state index in [1.807, 2.05) is 26.0 Å². The molecule has 0 spiro atoms. The highest BCUT2D eigenvalue weighted by molar-refractivity contribution is 5.94. The largest absolute Gasteiger partial charge is 0.478 e. The van der Waals surface area contributed by atoms with Crippen LogP contribution in [0.3, 0.4) is 0 Å². The fourth-order valence-corrected chi connectivity index (χ4v) is 5.47. The Kier molecular flexibility index (Phi) is 13.9. The number of alkyl carbamates (subject to hydrolysis) is 1. The Labute approximate surface area is 281 Å². The second-order valence-electron chi connectivity index (χ2n) is 12.7. The standard InChI is InChI=1S/C34H42F4N4O7/c1-18(2)17-49-34(48)41-29(19(3)4)32(45)42-16-22(20-8-6-5-7-9-20)14-27(42)31(44)40-26(15-28(37)38)30(43)39-11-10-23-24(35)12-21(33(46)47)13-25(23)36/h5-9,12-13,18-19,22,26-29H,10-11,14-17H2,1-4H3,(H,39,43)(H,40,44)(H,41,48)(H,46,47)/t22-,26+,27+,29+/m1/s1. The van der Waals surface area contributed by atoms with Crippen LogP contribution in [-0.4, -0.2) is 84.0 Å². The lowest BCUT2D eigenvalue weighted by Crippen LogP contribution is -2.57. The van der Waals surface area contributed by atoms with Gasteiger partial charge < -0.3 is 30.7 Å². The first-order valence-corrected chi connectivity index (χ1v) is 15.9. The zero-order valence-electron chi connectivity index (χ0n) is 27.7. The number of carbonyl (C=O) groups is 5. The van der Waals surface area contributed by atoms with Gasteiger partial charge in [-0.2, -0.15) is 0 Å². The van der Waals surface area contributed by atoms with Gasteiger partial charge in [0.05, 0.1) is 12.2 Å². The molecule has 4 amide bonds. The predicted octanol–water partition coefficient (Wildman–Crippen LogP) is 4.25. The molecule has 11 nitrogen and oxygen atoms in total. The molecule has 1 aliphatic heterocycles. The molecular formula is C34H42F4N4O7. The zero-order chi connectivity index (χ0) is 36.4. The van der Waals surface area contributed by atoms with Gasteiger partial charge >= 0.3 is 12.1 Å². The number of hydrogen-bond acceptors (Lipinski definition) is 6. The molecule has 3 rings (SSSR count). The summed E-state index contributed by atoms with van der Waals surface area (Å²) in [6.07, 6.45) is -5.27. The van der Waals surface area contributed by atoms with Crippen molar-refractivity contribution in [3.05, 3.63) is 70.8 Å². The molecule has 2 aromatic carbocycles. The number of nitrogens with zero attached hydrogens (tertiary/aromatic N) is 1. The zero-order valence-corrected chi connectivity index (χ0v) is 27.7. The van der Waals surface area contributed by atoms with Crippen molar-refractivity contribution in [2.75, 3.05) is 19.7 Å². The number of aromatic carboxylic acids is 1. The van der Waals surface area contributed by atoms with Crippen molar-refractivity contribution in [2.45, 2.75) is 77.4 Å². The van der Waals surface area contributed by atoms with Crippen molar-refractivity contribution in [3.63, 3.8) is 0 Å². The molecule has 15 heteroatoms. The summed E-state index contributed by atoms with van der Waals surface area (Å²) in [5.41, 5.74) is -0.315. The van der Waals surface area contributed by atoms with Gasteiger partial charge in [-0.3, -0.25) is 14.4 Å². The minimum Gasteiger partial charge on any atom is -0.478 e. The SMILES string of the molecule is CC(C)COC(=O)N[C@H](C(=O)N1C[C@H](c2ccccc2)C[C@H]1C(=O)N[C@@H](CC(F)F)C(=O)NCCc1c(F)cc(C(=O)O)cc1F)C(C)C. The fourth-order valence-electron chi connectivity index (χ4n) is 5.47. The Morgan fingerprint density at radius 2 is 1.61 bits per heavy atom. The number of ether oxygens (including phenoxy) is 1. The van der Waals surface area contributed by atoms with Crippen LogP contribution >= 0.6 is 0 Å². The quantitative estimate of drug-likeness (QED) is 0.203. The Morgan fingerprint density at radius 3 is 2.16 bits per heavy atom. The number of rotatable bonds is 15. The molecule has 49 heavy (non-hydrogen) atoms. The summed E-state index contributed by atoms with van der Waals surface area (Å²) < 4.78 is 61.0. The molecule has 268 valence electrons. The van der Waals surface area contributed by atoms with Gasteiger partial charge in [-0.25, -0.2) is 27.2 Å². The molecule has 0 unspecified atom stereocenters. The molecule has 1 fully saturated rings. The van der Waals surface area contributed by atoms with Crippen LogP contribution in [-0.2, 0) is 25.5 Å². The van der Waals surface area contributed by atoms with E-state index >= 15 is 0 Å². The van der Waals surface area contributed by atoms with Crippen LogP contribution in [0.1, 0.15) is 67.9 Å². The molecular weight excluding hydrogens is 652 g/mol. The van der Waals surface area contributed by atoms with Gasteiger partial charge in [0.25, 0.3) is 0 Å². The van der Waals surface area contributed by atoms with E-state index in [0.29, 0.717) is 12.1 Å². The van der Waals surface area contributed by atoms with E-state index in [1.165, 1.54) is 4.90 Å². The Morgan fingerprint density at radius 1 is 0.980 bits per heavy atom. The highest BCUT2D eigenvalue weighted by Gasteiger charge is 2.44. The van der Waals surface area contributed by atoms with E-state index in [0.717, 1.165) is 5.56 Å². The van der Waals surface area contributed by atoms with Gasteiger partial charge in [0.15, 0.2) is 0 Å². The predicted molar refractivity (Wildman–Crippen MR) is 170 cm³/mol. The first-order valence-electron chi connectivity index (χ1n) is 15.9. The van der Waals surface area contributed by atoms with Gasteiger partial charge in [-0.1, -0.05) is 58.0 Å². The average molecular weight is 695 g/mol. The van der Waals surface area contributed by atoms with Gasteiger partial charge in [0.1, 0.15) is 29.8 Å². The number of hydrogen-bond donors (Lipinski definition) is 4. The van der Waals surface area contributed by atoms with Crippen molar-refractivity contribution in [1.82, 2.24) is 20.9 Å². The Bertz CT molecular complexity index is 1470. The summed E-state index contributed by atoms with van der Waals surface area (Å²) in [7, 11) is 0. The van der Waals surface area contributed by atoms with Crippen LogP contribution in [0.15, 0.2) is 42.5 Å².